The Bertz CT molecular complexity index is 429. The molecule has 1 aliphatic heterocycles. The van der Waals surface area contributed by atoms with E-state index in [2.05, 4.69) is 10.1 Å². The second-order valence-electron chi connectivity index (χ2n) is 4.72. The van der Waals surface area contributed by atoms with Crippen LogP contribution in [0.15, 0.2) is 0 Å². The topological polar surface area (TPSA) is 133 Å². The molecule has 0 aliphatic carbocycles. The number of hydrogen-bond donors (Lipinski definition) is 3. The van der Waals surface area contributed by atoms with Gasteiger partial charge in [0.1, 0.15) is 6.04 Å². The van der Waals surface area contributed by atoms with E-state index in [1.54, 1.807) is 0 Å². The van der Waals surface area contributed by atoms with Gasteiger partial charge in [-0.25, -0.2) is 9.59 Å². The van der Waals surface area contributed by atoms with Crippen LogP contribution in [-0.2, 0) is 19.1 Å². The summed E-state index contributed by atoms with van der Waals surface area (Å²) in [6.45, 7) is 0.565. The zero-order valence-electron chi connectivity index (χ0n) is 11.6. The summed E-state index contributed by atoms with van der Waals surface area (Å²) in [5, 5.41) is 19.6. The van der Waals surface area contributed by atoms with Crippen molar-refractivity contribution < 1.29 is 34.1 Å². The molecule has 0 unspecified atom stereocenters. The Morgan fingerprint density at radius 2 is 1.81 bits per heavy atom. The number of nitrogens with one attached hydrogen (secondary N) is 1. The molecule has 3 N–H and O–H groups in total. The minimum atomic E-state index is -1.48. The van der Waals surface area contributed by atoms with Crippen LogP contribution in [0.25, 0.3) is 0 Å². The lowest BCUT2D eigenvalue weighted by Crippen LogP contribution is -2.51. The average molecular weight is 302 g/mol. The third-order valence-electron chi connectivity index (χ3n) is 3.29. The number of carbonyl (C=O) groups excluding carboxylic acids is 2. The van der Waals surface area contributed by atoms with Crippen LogP contribution in [0.5, 0.6) is 0 Å². The van der Waals surface area contributed by atoms with Crippen LogP contribution in [0, 0.1) is 5.92 Å². The van der Waals surface area contributed by atoms with Crippen LogP contribution in [0.1, 0.15) is 19.3 Å². The lowest BCUT2D eigenvalue weighted by Gasteiger charge is -2.31. The Labute approximate surface area is 120 Å². The van der Waals surface area contributed by atoms with E-state index in [4.69, 9.17) is 10.2 Å². The van der Waals surface area contributed by atoms with Gasteiger partial charge in [0.25, 0.3) is 0 Å². The molecule has 2 amide bonds. The van der Waals surface area contributed by atoms with Crippen LogP contribution in [0.2, 0.25) is 0 Å². The third-order valence-corrected chi connectivity index (χ3v) is 3.29. The number of likely N-dealkylation sites (tertiary alicyclic amines) is 1. The normalized spacial score (nSPS) is 16.9. The van der Waals surface area contributed by atoms with E-state index in [1.165, 1.54) is 12.0 Å². The molecule has 9 nitrogen and oxygen atoms in total. The van der Waals surface area contributed by atoms with E-state index in [-0.39, 0.29) is 25.0 Å². The van der Waals surface area contributed by atoms with Gasteiger partial charge in [0.05, 0.1) is 19.4 Å². The van der Waals surface area contributed by atoms with Crippen molar-refractivity contribution in [2.75, 3.05) is 20.2 Å². The van der Waals surface area contributed by atoms with Gasteiger partial charge in [0.15, 0.2) is 0 Å². The summed E-state index contributed by atoms with van der Waals surface area (Å²) in [4.78, 5) is 46.0. The Kier molecular flexibility index (Phi) is 5.94. The van der Waals surface area contributed by atoms with Crippen molar-refractivity contribution in [2.45, 2.75) is 25.3 Å². The van der Waals surface area contributed by atoms with E-state index in [9.17, 15) is 19.2 Å². The van der Waals surface area contributed by atoms with Gasteiger partial charge in [0, 0.05) is 13.1 Å². The number of carboxylic acid groups (broad SMARTS) is 2. The minimum absolute atomic E-state index is 0.270. The molecule has 0 spiro atoms. The van der Waals surface area contributed by atoms with E-state index in [1.807, 2.05) is 0 Å². The van der Waals surface area contributed by atoms with Gasteiger partial charge in [-0.2, -0.15) is 0 Å². The van der Waals surface area contributed by atoms with Crippen LogP contribution in [0.4, 0.5) is 4.79 Å². The molecule has 0 bridgehead atoms. The molecule has 1 heterocycles. The van der Waals surface area contributed by atoms with Crippen molar-refractivity contribution in [3.63, 3.8) is 0 Å². The molecule has 0 aromatic heterocycles. The molecular weight excluding hydrogens is 284 g/mol. The monoisotopic (exact) mass is 302 g/mol. The molecule has 1 atom stereocenters. The molecule has 1 aliphatic rings. The van der Waals surface area contributed by atoms with Crippen molar-refractivity contribution in [3.8, 4) is 0 Å². The lowest BCUT2D eigenvalue weighted by molar-refractivity contribution is -0.147. The molecule has 0 saturated carbocycles. The maximum atomic E-state index is 11.9. The number of hydrogen-bond acceptors (Lipinski definition) is 5. The predicted molar refractivity (Wildman–Crippen MR) is 68.5 cm³/mol. The number of aliphatic carboxylic acids is 2. The number of nitrogens with zero attached hydrogens (tertiary/aromatic N) is 1. The van der Waals surface area contributed by atoms with Crippen molar-refractivity contribution in [3.05, 3.63) is 0 Å². The minimum Gasteiger partial charge on any atom is -0.481 e. The summed E-state index contributed by atoms with van der Waals surface area (Å²) < 4.78 is 4.62. The number of carbonyl (C=O) groups is 4. The zero-order chi connectivity index (χ0) is 16.0. The first-order chi connectivity index (χ1) is 9.85. The first-order valence-corrected chi connectivity index (χ1v) is 6.43. The highest BCUT2D eigenvalue weighted by Gasteiger charge is 2.30. The first-order valence-electron chi connectivity index (χ1n) is 6.43. The summed E-state index contributed by atoms with van der Waals surface area (Å²) in [5.41, 5.74) is 0. The molecule has 0 radical (unpaired) electrons. The summed E-state index contributed by atoms with van der Waals surface area (Å²) in [7, 11) is 1.30. The molecule has 118 valence electrons. The van der Waals surface area contributed by atoms with Crippen LogP contribution < -0.4 is 5.32 Å². The molecule has 9 heteroatoms. The van der Waals surface area contributed by atoms with Gasteiger partial charge in [-0.3, -0.25) is 9.59 Å². The fraction of sp³-hybridized carbons (Fsp3) is 0.667. The number of ether oxygens (including phenoxy) is 1. The van der Waals surface area contributed by atoms with Gasteiger partial charge in [-0.15, -0.1) is 0 Å². The lowest BCUT2D eigenvalue weighted by atomic mass is 9.97. The fourth-order valence-corrected chi connectivity index (χ4v) is 2.10. The first kappa shape index (κ1) is 16.7. The van der Waals surface area contributed by atoms with Crippen LogP contribution in [-0.4, -0.2) is 65.3 Å². The largest absolute Gasteiger partial charge is 0.481 e. The zero-order valence-corrected chi connectivity index (χ0v) is 11.6. The van der Waals surface area contributed by atoms with Gasteiger partial charge in [-0.1, -0.05) is 0 Å². The van der Waals surface area contributed by atoms with Crippen molar-refractivity contribution in [1.82, 2.24) is 10.2 Å². The maximum absolute atomic E-state index is 11.9. The SMILES string of the molecule is COC(=O)C1CCN(C(=O)N[C@@H](CC(=O)O)C(=O)O)CC1. The highest BCUT2D eigenvalue weighted by molar-refractivity contribution is 5.86. The summed E-state index contributed by atoms with van der Waals surface area (Å²) in [6.07, 6.45) is 0.160. The highest BCUT2D eigenvalue weighted by Crippen LogP contribution is 2.18. The van der Waals surface area contributed by atoms with Gasteiger partial charge < -0.3 is 25.2 Å². The Balaban J connectivity index is 2.51. The molecule has 0 aromatic rings. The van der Waals surface area contributed by atoms with Crippen molar-refractivity contribution in [1.29, 1.82) is 0 Å². The smallest absolute Gasteiger partial charge is 0.326 e. The number of urea groups is 1. The number of amides is 2. The molecular formula is C12H18N2O7. The average Bonchev–Trinajstić information content (AvgIpc) is 2.45. The second-order valence-corrected chi connectivity index (χ2v) is 4.72. The Morgan fingerprint density at radius 1 is 1.24 bits per heavy atom. The highest BCUT2D eigenvalue weighted by atomic mass is 16.5. The van der Waals surface area contributed by atoms with Crippen LogP contribution >= 0.6 is 0 Å². The molecule has 21 heavy (non-hydrogen) atoms. The predicted octanol–water partition coefficient (Wildman–Crippen LogP) is -0.491. The number of rotatable bonds is 5. The molecule has 1 saturated heterocycles. The van der Waals surface area contributed by atoms with E-state index >= 15 is 0 Å². The number of piperidine rings is 1. The van der Waals surface area contributed by atoms with Crippen molar-refractivity contribution >= 4 is 23.9 Å². The number of carboxylic acids is 2. The maximum Gasteiger partial charge on any atom is 0.326 e. The standard InChI is InChI=1S/C12H18N2O7/c1-21-11(19)7-2-4-14(5-3-7)12(20)13-8(10(17)18)6-9(15)16/h7-8H,2-6H2,1H3,(H,13,20)(H,15,16)(H,17,18)/t8-/m0/s1. The molecule has 1 rings (SSSR count). The van der Waals surface area contributed by atoms with E-state index in [0.717, 1.165) is 0 Å². The van der Waals surface area contributed by atoms with Crippen LogP contribution in [0.3, 0.4) is 0 Å². The Morgan fingerprint density at radius 3 is 2.24 bits per heavy atom. The number of methoxy groups -OCH3 is 1. The fourth-order valence-electron chi connectivity index (χ4n) is 2.10. The summed E-state index contributed by atoms with van der Waals surface area (Å²) in [6, 6.07) is -2.12. The van der Waals surface area contributed by atoms with Gasteiger partial charge >= 0.3 is 23.9 Å². The van der Waals surface area contributed by atoms with E-state index < -0.39 is 30.4 Å². The van der Waals surface area contributed by atoms with E-state index in [0.29, 0.717) is 12.8 Å². The molecule has 1 fully saturated rings. The number of esters is 1. The Hall–Kier alpha value is -2.32. The van der Waals surface area contributed by atoms with Crippen molar-refractivity contribution in [2.24, 2.45) is 5.92 Å². The van der Waals surface area contributed by atoms with Gasteiger partial charge in [0.2, 0.25) is 0 Å². The second kappa shape index (κ2) is 7.46. The quantitative estimate of drug-likeness (QED) is 0.583. The van der Waals surface area contributed by atoms with Gasteiger partial charge in [-0.05, 0) is 12.8 Å². The summed E-state index contributed by atoms with van der Waals surface area (Å²) in [5.74, 6) is -3.32. The molecule has 0 aromatic carbocycles. The summed E-state index contributed by atoms with van der Waals surface area (Å²) >= 11 is 0. The third kappa shape index (κ3) is 4.93.